The van der Waals surface area contributed by atoms with Crippen LogP contribution in [0.3, 0.4) is 0 Å². The molecule has 0 amide bonds. The van der Waals surface area contributed by atoms with Crippen molar-refractivity contribution in [3.63, 3.8) is 0 Å². The Morgan fingerprint density at radius 1 is 1.50 bits per heavy atom. The Bertz CT molecular complexity index is 404. The number of morpholine rings is 1. The molecule has 2 heterocycles. The summed E-state index contributed by atoms with van der Waals surface area (Å²) in [5.41, 5.74) is 5.39. The molecule has 2 fully saturated rings. The summed E-state index contributed by atoms with van der Waals surface area (Å²) in [6, 6.07) is 0.537. The van der Waals surface area contributed by atoms with Gasteiger partial charge in [-0.2, -0.15) is 17.4 Å². The van der Waals surface area contributed by atoms with Crippen LogP contribution in [0.25, 0.3) is 0 Å². The number of hydrogen-bond donors (Lipinski definition) is 2. The first-order valence-corrected chi connectivity index (χ1v) is 8.73. The number of nitrogens with two attached hydrogens (primary N) is 1. The highest BCUT2D eigenvalue weighted by Crippen LogP contribution is 2.22. The van der Waals surface area contributed by atoms with Gasteiger partial charge in [0, 0.05) is 32.7 Å². The number of ether oxygens (including phenoxy) is 1. The molecule has 0 aromatic carbocycles. The zero-order valence-corrected chi connectivity index (χ0v) is 12.9. The van der Waals surface area contributed by atoms with Gasteiger partial charge in [-0.3, -0.25) is 4.90 Å². The molecular formula is C12H26N4O3S. The second kappa shape index (κ2) is 7.15. The highest BCUT2D eigenvalue weighted by atomic mass is 32.2. The normalized spacial score (nSPS) is 27.9. The number of nitrogens with one attached hydrogen (secondary N) is 1. The summed E-state index contributed by atoms with van der Waals surface area (Å²) in [5, 5.41) is 0. The van der Waals surface area contributed by atoms with Crippen LogP contribution in [0.5, 0.6) is 0 Å². The van der Waals surface area contributed by atoms with E-state index in [0.29, 0.717) is 32.1 Å². The molecule has 2 atom stereocenters. The summed E-state index contributed by atoms with van der Waals surface area (Å²) < 4.78 is 33.7. The Morgan fingerprint density at radius 3 is 3.05 bits per heavy atom. The van der Waals surface area contributed by atoms with Crippen molar-refractivity contribution in [3.05, 3.63) is 0 Å². The third-order valence-electron chi connectivity index (χ3n) is 4.04. The largest absolute Gasteiger partial charge is 0.374 e. The van der Waals surface area contributed by atoms with Crippen LogP contribution in [0.15, 0.2) is 0 Å². The van der Waals surface area contributed by atoms with Crippen LogP contribution in [0.4, 0.5) is 0 Å². The number of fused-ring (bicyclic) bond motifs is 1. The summed E-state index contributed by atoms with van der Waals surface area (Å²) in [6.07, 6.45) is 3.02. The van der Waals surface area contributed by atoms with Crippen molar-refractivity contribution in [1.82, 2.24) is 13.9 Å². The van der Waals surface area contributed by atoms with E-state index in [2.05, 4.69) is 9.62 Å². The minimum atomic E-state index is -3.42. The van der Waals surface area contributed by atoms with Crippen LogP contribution in [0.1, 0.15) is 19.3 Å². The van der Waals surface area contributed by atoms with Gasteiger partial charge in [-0.05, 0) is 32.4 Å². The second-order valence-corrected chi connectivity index (χ2v) is 7.43. The molecule has 0 spiro atoms. The summed E-state index contributed by atoms with van der Waals surface area (Å²) >= 11 is 0. The van der Waals surface area contributed by atoms with Gasteiger partial charge in [0.2, 0.25) is 0 Å². The van der Waals surface area contributed by atoms with Gasteiger partial charge in [0.25, 0.3) is 10.2 Å². The lowest BCUT2D eigenvalue weighted by molar-refractivity contribution is -0.0450. The highest BCUT2D eigenvalue weighted by Gasteiger charge is 2.32. The van der Waals surface area contributed by atoms with Gasteiger partial charge < -0.3 is 10.5 Å². The van der Waals surface area contributed by atoms with Gasteiger partial charge >= 0.3 is 0 Å². The SMILES string of the molecule is CN(CCCN)S(=O)(=O)NCC1CN2CCCC2CO1. The first kappa shape index (κ1) is 16.1. The van der Waals surface area contributed by atoms with Gasteiger partial charge in [-0.25, -0.2) is 0 Å². The highest BCUT2D eigenvalue weighted by molar-refractivity contribution is 7.87. The quantitative estimate of drug-likeness (QED) is 0.628. The minimum absolute atomic E-state index is 0.0537. The molecule has 2 aliphatic heterocycles. The summed E-state index contributed by atoms with van der Waals surface area (Å²) in [4.78, 5) is 2.40. The maximum Gasteiger partial charge on any atom is 0.279 e. The fourth-order valence-electron chi connectivity index (χ4n) is 2.75. The molecule has 2 saturated heterocycles. The third-order valence-corrected chi connectivity index (χ3v) is 5.58. The van der Waals surface area contributed by atoms with Crippen molar-refractivity contribution in [3.8, 4) is 0 Å². The molecule has 20 heavy (non-hydrogen) atoms. The first-order chi connectivity index (χ1) is 9.53. The molecule has 8 heteroatoms. The van der Waals surface area contributed by atoms with Crippen LogP contribution in [0, 0.1) is 0 Å². The zero-order chi connectivity index (χ0) is 14.6. The average Bonchev–Trinajstić information content (AvgIpc) is 2.90. The molecule has 7 nitrogen and oxygen atoms in total. The van der Waals surface area contributed by atoms with E-state index in [4.69, 9.17) is 10.5 Å². The summed E-state index contributed by atoms with van der Waals surface area (Å²) in [6.45, 7) is 3.90. The fourth-order valence-corrected chi connectivity index (χ4v) is 3.74. The predicted molar refractivity (Wildman–Crippen MR) is 77.6 cm³/mol. The van der Waals surface area contributed by atoms with Gasteiger partial charge in [0.1, 0.15) is 0 Å². The molecule has 0 aromatic rings. The molecule has 0 saturated carbocycles. The molecule has 0 aromatic heterocycles. The predicted octanol–water partition coefficient (Wildman–Crippen LogP) is -1.04. The molecule has 3 N–H and O–H groups in total. The Kier molecular flexibility index (Phi) is 5.76. The number of rotatable bonds is 7. The van der Waals surface area contributed by atoms with Crippen LogP contribution in [0.2, 0.25) is 0 Å². The first-order valence-electron chi connectivity index (χ1n) is 7.29. The Balaban J connectivity index is 1.76. The Morgan fingerprint density at radius 2 is 2.30 bits per heavy atom. The Labute approximate surface area is 121 Å². The molecule has 0 bridgehead atoms. The van der Waals surface area contributed by atoms with Gasteiger partial charge in [-0.1, -0.05) is 0 Å². The second-order valence-electron chi connectivity index (χ2n) is 5.56. The number of hydrogen-bond acceptors (Lipinski definition) is 5. The van der Waals surface area contributed by atoms with Crippen molar-refractivity contribution in [2.45, 2.75) is 31.4 Å². The third kappa shape index (κ3) is 4.12. The summed E-state index contributed by atoms with van der Waals surface area (Å²) in [5.74, 6) is 0. The maximum absolute atomic E-state index is 12.0. The fraction of sp³-hybridized carbons (Fsp3) is 1.00. The lowest BCUT2D eigenvalue weighted by atomic mass is 10.2. The smallest absolute Gasteiger partial charge is 0.279 e. The topological polar surface area (TPSA) is 87.9 Å². The van der Waals surface area contributed by atoms with Crippen molar-refractivity contribution in [2.75, 3.05) is 46.4 Å². The van der Waals surface area contributed by atoms with E-state index in [9.17, 15) is 8.42 Å². The van der Waals surface area contributed by atoms with Crippen LogP contribution in [-0.4, -0.2) is 76.1 Å². The van der Waals surface area contributed by atoms with Crippen molar-refractivity contribution < 1.29 is 13.2 Å². The van der Waals surface area contributed by atoms with E-state index < -0.39 is 10.2 Å². The molecule has 2 rings (SSSR count). The summed E-state index contributed by atoms with van der Waals surface area (Å²) in [7, 11) is -1.86. The van der Waals surface area contributed by atoms with Crippen LogP contribution >= 0.6 is 0 Å². The van der Waals surface area contributed by atoms with E-state index >= 15 is 0 Å². The zero-order valence-electron chi connectivity index (χ0n) is 12.1. The van der Waals surface area contributed by atoms with E-state index in [1.54, 1.807) is 7.05 Å². The van der Waals surface area contributed by atoms with E-state index in [0.717, 1.165) is 19.7 Å². The van der Waals surface area contributed by atoms with Gasteiger partial charge in [-0.15, -0.1) is 0 Å². The number of nitrogens with zero attached hydrogens (tertiary/aromatic N) is 2. The van der Waals surface area contributed by atoms with E-state index in [1.807, 2.05) is 0 Å². The molecule has 0 aliphatic carbocycles. The van der Waals surface area contributed by atoms with E-state index in [-0.39, 0.29) is 6.10 Å². The molecular weight excluding hydrogens is 280 g/mol. The average molecular weight is 306 g/mol. The van der Waals surface area contributed by atoms with Gasteiger partial charge in [0.05, 0.1) is 12.7 Å². The monoisotopic (exact) mass is 306 g/mol. The Hall–Kier alpha value is -0.250. The van der Waals surface area contributed by atoms with Crippen molar-refractivity contribution in [2.24, 2.45) is 5.73 Å². The van der Waals surface area contributed by atoms with Crippen LogP contribution < -0.4 is 10.5 Å². The molecule has 2 aliphatic rings. The lowest BCUT2D eigenvalue weighted by Gasteiger charge is -2.35. The molecule has 2 unspecified atom stereocenters. The van der Waals surface area contributed by atoms with Crippen molar-refractivity contribution in [1.29, 1.82) is 0 Å². The molecule has 118 valence electrons. The molecule has 0 radical (unpaired) electrons. The lowest BCUT2D eigenvalue weighted by Crippen LogP contribution is -2.51. The van der Waals surface area contributed by atoms with Crippen molar-refractivity contribution >= 4 is 10.2 Å². The van der Waals surface area contributed by atoms with E-state index in [1.165, 1.54) is 17.1 Å². The van der Waals surface area contributed by atoms with Crippen LogP contribution in [-0.2, 0) is 14.9 Å². The minimum Gasteiger partial charge on any atom is -0.374 e. The maximum atomic E-state index is 12.0. The van der Waals surface area contributed by atoms with Gasteiger partial charge in [0.15, 0.2) is 0 Å². The standard InChI is InChI=1S/C12H26N4O3S/c1-15(6-3-5-13)20(17,18)14-8-12-9-16-7-2-4-11(16)10-19-12/h11-12,14H,2-10,13H2,1H3.